The number of aliphatic hydroxyl groups is 1. The molecule has 8 rings (SSSR count). The number of aromatic nitrogens is 5. The van der Waals surface area contributed by atoms with Gasteiger partial charge in [0.15, 0.2) is 0 Å². The van der Waals surface area contributed by atoms with Gasteiger partial charge < -0.3 is 45.3 Å². The van der Waals surface area contributed by atoms with Gasteiger partial charge in [-0.05, 0) is 111 Å². The molecule has 0 aliphatic carbocycles. The van der Waals surface area contributed by atoms with Crippen LogP contribution in [0.2, 0.25) is 0 Å². The average molecular weight is 1070 g/mol. The number of anilines is 1. The molecular formula is C58H72N10O8S. The summed E-state index contributed by atoms with van der Waals surface area (Å²) in [5.74, 6) is -1.62. The van der Waals surface area contributed by atoms with Gasteiger partial charge in [0.2, 0.25) is 17.7 Å². The molecule has 0 saturated carbocycles. The number of H-pyrrole nitrogens is 1. The van der Waals surface area contributed by atoms with Gasteiger partial charge in [-0.25, -0.2) is 9.67 Å². The van der Waals surface area contributed by atoms with Crippen LogP contribution in [-0.4, -0.2) is 122 Å². The highest BCUT2D eigenvalue weighted by molar-refractivity contribution is 7.13. The summed E-state index contributed by atoms with van der Waals surface area (Å²) in [6, 6.07) is 19.8. The highest BCUT2D eigenvalue weighted by Gasteiger charge is 2.45. The third-order valence-electron chi connectivity index (χ3n) is 14.6. The van der Waals surface area contributed by atoms with E-state index in [1.54, 1.807) is 22.2 Å². The molecule has 4 amide bonds. The molecule has 408 valence electrons. The average Bonchev–Trinajstić information content (AvgIpc) is 4.17. The van der Waals surface area contributed by atoms with Gasteiger partial charge in [0.25, 0.3) is 11.5 Å². The first kappa shape index (κ1) is 56.2. The summed E-state index contributed by atoms with van der Waals surface area (Å²) in [5, 5.41) is 28.3. The minimum Gasteiger partial charge on any atom is -0.391 e. The number of carbonyl (C=O) groups excluding carboxylic acids is 4. The number of aryl methyl sites for hydroxylation is 3. The van der Waals surface area contributed by atoms with Gasteiger partial charge in [0.05, 0.1) is 47.6 Å². The highest BCUT2D eigenvalue weighted by Crippen LogP contribution is 2.35. The lowest BCUT2D eigenvalue weighted by atomic mass is 9.85. The number of carbonyl (C=O) groups is 4. The Morgan fingerprint density at radius 2 is 1.65 bits per heavy atom. The Morgan fingerprint density at radius 3 is 2.31 bits per heavy atom. The van der Waals surface area contributed by atoms with Gasteiger partial charge >= 0.3 is 0 Å². The van der Waals surface area contributed by atoms with Gasteiger partial charge in [-0.3, -0.25) is 24.0 Å². The summed E-state index contributed by atoms with van der Waals surface area (Å²) < 4.78 is 13.1. The lowest BCUT2D eigenvalue weighted by Gasteiger charge is -2.37. The van der Waals surface area contributed by atoms with Crippen molar-refractivity contribution in [2.24, 2.45) is 5.41 Å². The first-order chi connectivity index (χ1) is 36.8. The second kappa shape index (κ2) is 24.5. The van der Waals surface area contributed by atoms with E-state index in [1.165, 1.54) is 4.90 Å². The normalized spacial score (nSPS) is 16.7. The number of nitrogens with zero attached hydrogens (tertiary/aromatic N) is 6. The standard InChI is InChI=1S/C58H72N10O8S/c1-10-67(44-19-22-75-23-20-44)49-27-43(26-46(36(49)4)54(71)59-29-47-34(2)25-35(3)61-55(47)72)40-13-15-41(16-14-40)48-31-66(65-64-48)21-24-76-32-51(70)63-53(58(7,8)9)57(74)68-30-45(69)28-50(68)56(73)62-37(5)39-11-17-42(18-12-39)52-38(6)60-33-77-52/h11-18,25-27,31,33,37,44-45,50,53,69H,10,19-24,28-30,32H2,1-9H3,(H,59,71)(H,61,72)(H,62,73)(H,63,70)/t37-,45+,50-,53?/m0/s1. The second-order valence-electron chi connectivity index (χ2n) is 21.3. The molecule has 0 spiro atoms. The molecular weight excluding hydrogens is 997 g/mol. The molecule has 19 heteroatoms. The van der Waals surface area contributed by atoms with Crippen LogP contribution in [0.4, 0.5) is 5.69 Å². The Hall–Kier alpha value is -7.06. The fourth-order valence-electron chi connectivity index (χ4n) is 10.3. The molecule has 4 atom stereocenters. The molecule has 1 unspecified atom stereocenters. The smallest absolute Gasteiger partial charge is 0.253 e. The summed E-state index contributed by atoms with van der Waals surface area (Å²) in [5.41, 5.74) is 11.4. The van der Waals surface area contributed by atoms with E-state index >= 15 is 0 Å². The van der Waals surface area contributed by atoms with Crippen molar-refractivity contribution >= 4 is 40.7 Å². The number of aromatic amines is 1. The molecule has 2 fully saturated rings. The lowest BCUT2D eigenvalue weighted by Crippen LogP contribution is -2.58. The Bertz CT molecular complexity index is 3120. The van der Waals surface area contributed by atoms with E-state index in [1.807, 2.05) is 122 Å². The minimum atomic E-state index is -1.01. The number of hydrogen-bond donors (Lipinski definition) is 5. The number of rotatable bonds is 19. The van der Waals surface area contributed by atoms with Gasteiger partial charge in [0, 0.05) is 73.4 Å². The van der Waals surface area contributed by atoms with Gasteiger partial charge in [-0.15, -0.1) is 16.4 Å². The van der Waals surface area contributed by atoms with E-state index in [0.29, 0.717) is 36.6 Å². The maximum absolute atomic E-state index is 14.2. The van der Waals surface area contributed by atoms with Crippen molar-refractivity contribution in [1.29, 1.82) is 0 Å². The van der Waals surface area contributed by atoms with Crippen LogP contribution in [0.5, 0.6) is 0 Å². The zero-order valence-electron chi connectivity index (χ0n) is 45.6. The van der Waals surface area contributed by atoms with Crippen LogP contribution >= 0.6 is 11.3 Å². The zero-order valence-corrected chi connectivity index (χ0v) is 46.4. The number of amides is 4. The van der Waals surface area contributed by atoms with Crippen LogP contribution in [0, 0.1) is 33.1 Å². The van der Waals surface area contributed by atoms with Crippen molar-refractivity contribution in [2.75, 3.05) is 44.4 Å². The lowest BCUT2D eigenvalue weighted by molar-refractivity contribution is -0.144. The van der Waals surface area contributed by atoms with Crippen LogP contribution in [0.15, 0.2) is 83.2 Å². The number of ether oxygens (including phenoxy) is 2. The number of likely N-dealkylation sites (tertiary alicyclic amines) is 1. The molecule has 3 aromatic carbocycles. The van der Waals surface area contributed by atoms with Crippen molar-refractivity contribution in [1.82, 2.24) is 45.8 Å². The first-order valence-electron chi connectivity index (χ1n) is 26.4. The summed E-state index contributed by atoms with van der Waals surface area (Å²) >= 11 is 1.57. The van der Waals surface area contributed by atoms with Crippen LogP contribution in [0.1, 0.15) is 104 Å². The van der Waals surface area contributed by atoms with Crippen molar-refractivity contribution in [2.45, 2.75) is 125 Å². The fraction of sp³-hybridized carbons (Fsp3) is 0.448. The molecule has 2 aliphatic heterocycles. The van der Waals surface area contributed by atoms with Crippen molar-refractivity contribution in [3.63, 3.8) is 0 Å². The molecule has 0 bridgehead atoms. The Labute approximate surface area is 454 Å². The Morgan fingerprint density at radius 1 is 0.948 bits per heavy atom. The molecule has 3 aromatic heterocycles. The van der Waals surface area contributed by atoms with Crippen molar-refractivity contribution in [3.05, 3.63) is 128 Å². The van der Waals surface area contributed by atoms with Gasteiger partial charge in [0.1, 0.15) is 24.4 Å². The zero-order chi connectivity index (χ0) is 55.1. The monoisotopic (exact) mass is 1070 g/mol. The topological polar surface area (TPSA) is 226 Å². The maximum atomic E-state index is 14.2. The molecule has 0 radical (unpaired) electrons. The van der Waals surface area contributed by atoms with Gasteiger partial charge in [-0.2, -0.15) is 0 Å². The quantitative estimate of drug-likeness (QED) is 0.0518. The minimum absolute atomic E-state index is 0.0398. The van der Waals surface area contributed by atoms with E-state index in [2.05, 4.69) is 54.1 Å². The maximum Gasteiger partial charge on any atom is 0.253 e. The first-order valence-corrected chi connectivity index (χ1v) is 27.3. The molecule has 2 aliphatic rings. The van der Waals surface area contributed by atoms with Crippen LogP contribution in [-0.2, 0) is 36.9 Å². The number of nitrogens with one attached hydrogen (secondary N) is 4. The number of benzene rings is 3. The summed E-state index contributed by atoms with van der Waals surface area (Å²) in [6.07, 6.45) is 2.74. The largest absolute Gasteiger partial charge is 0.391 e. The molecule has 5 heterocycles. The molecule has 18 nitrogen and oxygen atoms in total. The van der Waals surface area contributed by atoms with Crippen molar-refractivity contribution in [3.8, 4) is 32.8 Å². The summed E-state index contributed by atoms with van der Waals surface area (Å²) in [6.45, 7) is 19.4. The predicted octanol–water partition coefficient (Wildman–Crippen LogP) is 6.98. The number of thiazole rings is 1. The van der Waals surface area contributed by atoms with E-state index in [4.69, 9.17) is 9.47 Å². The Kier molecular flexibility index (Phi) is 17.9. The number of aliphatic hydroxyl groups excluding tert-OH is 1. The van der Waals surface area contributed by atoms with Crippen LogP contribution < -0.4 is 26.4 Å². The Balaban J connectivity index is 0.871. The molecule has 6 aromatic rings. The van der Waals surface area contributed by atoms with Crippen LogP contribution in [0.3, 0.4) is 0 Å². The second-order valence-corrected chi connectivity index (χ2v) is 22.2. The predicted molar refractivity (Wildman–Crippen MR) is 297 cm³/mol. The number of hydrogen-bond acceptors (Lipinski definition) is 13. The van der Waals surface area contributed by atoms with Crippen LogP contribution in [0.25, 0.3) is 32.8 Å². The molecule has 5 N–H and O–H groups in total. The number of β-amino-alcohol motifs (C(OH)–C–C–N with tert-alkyl or cyclic N) is 1. The van der Waals surface area contributed by atoms with E-state index in [9.17, 15) is 29.1 Å². The van der Waals surface area contributed by atoms with Gasteiger partial charge in [-0.1, -0.05) is 74.5 Å². The fourth-order valence-corrected chi connectivity index (χ4v) is 11.1. The molecule has 77 heavy (non-hydrogen) atoms. The van der Waals surface area contributed by atoms with E-state index in [0.717, 1.165) is 80.3 Å². The molecule has 2 saturated heterocycles. The third-order valence-corrected chi connectivity index (χ3v) is 15.6. The third kappa shape index (κ3) is 13.4. The highest BCUT2D eigenvalue weighted by atomic mass is 32.1. The van der Waals surface area contributed by atoms with E-state index < -0.39 is 35.4 Å². The summed E-state index contributed by atoms with van der Waals surface area (Å²) in [7, 11) is 0. The summed E-state index contributed by atoms with van der Waals surface area (Å²) in [4.78, 5) is 80.2. The van der Waals surface area contributed by atoms with Crippen molar-refractivity contribution < 1.29 is 33.8 Å². The number of pyridine rings is 1. The van der Waals surface area contributed by atoms with E-state index in [-0.39, 0.29) is 62.2 Å². The SMILES string of the molecule is CCN(c1cc(-c2ccc(-c3cn(CCOCC(=O)NC(C(=O)N4C[C@H](O)C[C@H]4C(=O)N[C@@H](C)c4ccc(-c5scnc5C)cc4)C(C)(C)C)nn3)cc2)cc(C(=O)NCc2c(C)cc(C)[nH]c2=O)c1C)C1CCOCC1.